The smallest absolute Gasteiger partial charge is 0.293 e. The average molecular weight is 591 g/mol. The topological polar surface area (TPSA) is 46.6 Å². The van der Waals surface area contributed by atoms with Crippen molar-refractivity contribution >= 4 is 74.2 Å². The summed E-state index contributed by atoms with van der Waals surface area (Å²) in [5.74, 6) is 0.603. The van der Waals surface area contributed by atoms with Crippen molar-refractivity contribution in [3.63, 3.8) is 0 Å². The molecule has 134 valence electrons. The Morgan fingerprint density at radius 2 is 1.77 bits per heavy atom. The van der Waals surface area contributed by atoms with Crippen molar-refractivity contribution in [1.29, 1.82) is 0 Å². The third kappa shape index (κ3) is 4.42. The molecule has 0 spiro atoms. The molecule has 0 bridgehead atoms. The molecule has 4 nitrogen and oxygen atoms in total. The molecule has 0 unspecified atom stereocenters. The van der Waals surface area contributed by atoms with Gasteiger partial charge in [-0.25, -0.2) is 0 Å². The molecule has 0 N–H and O–H groups in total. The number of ether oxygens (including phenoxy) is 1. The van der Waals surface area contributed by atoms with E-state index >= 15 is 0 Å². The van der Waals surface area contributed by atoms with E-state index in [4.69, 9.17) is 4.74 Å². The van der Waals surface area contributed by atoms with Crippen molar-refractivity contribution in [2.24, 2.45) is 0 Å². The fourth-order valence-electron chi connectivity index (χ4n) is 2.50. The van der Waals surface area contributed by atoms with Gasteiger partial charge in [0.15, 0.2) is 0 Å². The van der Waals surface area contributed by atoms with E-state index in [-0.39, 0.29) is 11.1 Å². The summed E-state index contributed by atoms with van der Waals surface area (Å²) in [7, 11) is 0. The van der Waals surface area contributed by atoms with Crippen LogP contribution in [0.2, 0.25) is 0 Å². The molecule has 1 heterocycles. The van der Waals surface area contributed by atoms with E-state index in [9.17, 15) is 9.59 Å². The van der Waals surface area contributed by atoms with Gasteiger partial charge >= 0.3 is 0 Å². The Balaban J connectivity index is 1.84. The maximum Gasteiger partial charge on any atom is 0.293 e. The predicted octanol–water partition coefficient (Wildman–Crippen LogP) is 5.53. The molecule has 2 aromatic rings. The van der Waals surface area contributed by atoms with Crippen LogP contribution in [0.15, 0.2) is 47.4 Å². The maximum atomic E-state index is 12.7. The zero-order valence-electron chi connectivity index (χ0n) is 13.9. The van der Waals surface area contributed by atoms with Crippen LogP contribution in [0.3, 0.4) is 0 Å². The number of amides is 2. The lowest BCUT2D eigenvalue weighted by Crippen LogP contribution is -2.27. The van der Waals surface area contributed by atoms with Gasteiger partial charge in [0, 0.05) is 0 Å². The first-order valence-electron chi connectivity index (χ1n) is 7.90. The standard InChI is InChI=1S/C19H15I2NO3S/c1-2-25-17-14(20)8-13(9-15(17)21)10-16-18(23)22(19(24)26-16)11-12-6-4-3-5-7-12/h3-10H,2,11H2,1H3/b16-10-. The molecule has 0 aromatic heterocycles. The second kappa shape index (κ2) is 8.75. The Kier molecular flexibility index (Phi) is 6.62. The second-order valence-electron chi connectivity index (χ2n) is 5.50. The first-order chi connectivity index (χ1) is 12.5. The third-order valence-corrected chi connectivity index (χ3v) is 6.17. The zero-order valence-corrected chi connectivity index (χ0v) is 19.0. The van der Waals surface area contributed by atoms with E-state index in [1.807, 2.05) is 49.4 Å². The first-order valence-corrected chi connectivity index (χ1v) is 10.9. The number of nitrogens with zero attached hydrogens (tertiary/aromatic N) is 1. The minimum absolute atomic E-state index is 0.236. The Labute approximate surface area is 183 Å². The van der Waals surface area contributed by atoms with Gasteiger partial charge in [-0.05, 0) is 93.2 Å². The van der Waals surface area contributed by atoms with E-state index in [2.05, 4.69) is 45.2 Å². The molecular formula is C19H15I2NO3S. The van der Waals surface area contributed by atoms with Crippen molar-refractivity contribution in [1.82, 2.24) is 4.90 Å². The van der Waals surface area contributed by atoms with Crippen molar-refractivity contribution in [3.05, 3.63) is 65.6 Å². The zero-order chi connectivity index (χ0) is 18.7. The molecule has 7 heteroatoms. The van der Waals surface area contributed by atoms with E-state index in [0.29, 0.717) is 18.1 Å². The van der Waals surface area contributed by atoms with Crippen molar-refractivity contribution in [2.75, 3.05) is 6.61 Å². The quantitative estimate of drug-likeness (QED) is 0.339. The fourth-order valence-corrected chi connectivity index (χ4v) is 5.46. The van der Waals surface area contributed by atoms with Gasteiger partial charge in [-0.1, -0.05) is 30.3 Å². The lowest BCUT2D eigenvalue weighted by Gasteiger charge is -2.12. The molecule has 0 aliphatic carbocycles. The van der Waals surface area contributed by atoms with E-state index in [0.717, 1.165) is 35.8 Å². The molecule has 0 atom stereocenters. The summed E-state index contributed by atoms with van der Waals surface area (Å²) < 4.78 is 7.60. The first kappa shape index (κ1) is 19.7. The molecule has 2 amide bonds. The number of rotatable bonds is 5. The maximum absolute atomic E-state index is 12.7. The van der Waals surface area contributed by atoms with E-state index < -0.39 is 0 Å². The Hall–Kier alpha value is -1.07. The molecule has 26 heavy (non-hydrogen) atoms. The van der Waals surface area contributed by atoms with Crippen LogP contribution < -0.4 is 4.74 Å². The highest BCUT2D eigenvalue weighted by Gasteiger charge is 2.35. The average Bonchev–Trinajstić information content (AvgIpc) is 2.86. The molecule has 1 aliphatic heterocycles. The summed E-state index contributed by atoms with van der Waals surface area (Å²) in [4.78, 5) is 26.7. The van der Waals surface area contributed by atoms with Crippen molar-refractivity contribution < 1.29 is 14.3 Å². The number of carbonyl (C=O) groups excluding carboxylic acids is 2. The van der Waals surface area contributed by atoms with Gasteiger partial charge in [-0.15, -0.1) is 0 Å². The normalized spacial score (nSPS) is 15.8. The lowest BCUT2D eigenvalue weighted by atomic mass is 10.2. The molecular weight excluding hydrogens is 576 g/mol. The summed E-state index contributed by atoms with van der Waals surface area (Å²) in [5, 5.41) is -0.236. The van der Waals surface area contributed by atoms with E-state index in [1.54, 1.807) is 6.08 Å². The number of halogens is 2. The van der Waals surface area contributed by atoms with Crippen LogP contribution >= 0.6 is 56.9 Å². The molecule has 3 rings (SSSR count). The summed E-state index contributed by atoms with van der Waals surface area (Å²) in [6, 6.07) is 13.4. The number of thioether (sulfide) groups is 1. The largest absolute Gasteiger partial charge is 0.492 e. The molecule has 0 saturated carbocycles. The number of hydrogen-bond acceptors (Lipinski definition) is 4. The van der Waals surface area contributed by atoms with Crippen LogP contribution in [0.5, 0.6) is 5.75 Å². The van der Waals surface area contributed by atoms with Gasteiger partial charge in [0.05, 0.1) is 25.2 Å². The lowest BCUT2D eigenvalue weighted by molar-refractivity contribution is -0.123. The third-order valence-electron chi connectivity index (χ3n) is 3.66. The minimum atomic E-state index is -0.247. The van der Waals surface area contributed by atoms with Crippen LogP contribution in [-0.2, 0) is 11.3 Å². The highest BCUT2D eigenvalue weighted by molar-refractivity contribution is 14.1. The molecule has 0 radical (unpaired) electrons. The molecule has 2 aromatic carbocycles. The number of hydrogen-bond donors (Lipinski definition) is 0. The van der Waals surface area contributed by atoms with Gasteiger partial charge in [-0.2, -0.15) is 0 Å². The second-order valence-corrected chi connectivity index (χ2v) is 8.82. The summed E-state index contributed by atoms with van der Waals surface area (Å²) in [6.45, 7) is 2.84. The van der Waals surface area contributed by atoms with Crippen LogP contribution in [0.25, 0.3) is 6.08 Å². The van der Waals surface area contributed by atoms with Gasteiger partial charge < -0.3 is 4.74 Å². The van der Waals surface area contributed by atoms with Gasteiger partial charge in [0.1, 0.15) is 5.75 Å². The Bertz CT molecular complexity index is 861. The number of carbonyl (C=O) groups is 2. The van der Waals surface area contributed by atoms with Gasteiger partial charge in [0.2, 0.25) is 0 Å². The SMILES string of the molecule is CCOc1c(I)cc(/C=C2\SC(=O)N(Cc3ccccc3)C2=O)cc1I. The summed E-state index contributed by atoms with van der Waals surface area (Å²) in [5.41, 5.74) is 1.81. The molecule has 1 saturated heterocycles. The van der Waals surface area contributed by atoms with Crippen LogP contribution in [0.1, 0.15) is 18.1 Å². The van der Waals surface area contributed by atoms with Gasteiger partial charge in [-0.3, -0.25) is 14.5 Å². The number of benzene rings is 2. The number of imide groups is 1. The Morgan fingerprint density at radius 1 is 1.12 bits per heavy atom. The Morgan fingerprint density at radius 3 is 2.38 bits per heavy atom. The van der Waals surface area contributed by atoms with E-state index in [1.165, 1.54) is 4.90 Å². The molecule has 1 fully saturated rings. The molecule has 1 aliphatic rings. The monoisotopic (exact) mass is 591 g/mol. The fraction of sp³-hybridized carbons (Fsp3) is 0.158. The van der Waals surface area contributed by atoms with Crippen molar-refractivity contribution in [2.45, 2.75) is 13.5 Å². The van der Waals surface area contributed by atoms with Gasteiger partial charge in [0.25, 0.3) is 11.1 Å². The minimum Gasteiger partial charge on any atom is -0.492 e. The van der Waals surface area contributed by atoms with Crippen LogP contribution in [0, 0.1) is 7.14 Å². The van der Waals surface area contributed by atoms with Crippen LogP contribution in [-0.4, -0.2) is 22.7 Å². The van der Waals surface area contributed by atoms with Crippen LogP contribution in [0.4, 0.5) is 4.79 Å². The highest BCUT2D eigenvalue weighted by Crippen LogP contribution is 2.35. The summed E-state index contributed by atoms with van der Waals surface area (Å²) in [6.07, 6.45) is 1.77. The highest BCUT2D eigenvalue weighted by atomic mass is 127. The van der Waals surface area contributed by atoms with Crippen molar-refractivity contribution in [3.8, 4) is 5.75 Å². The predicted molar refractivity (Wildman–Crippen MR) is 121 cm³/mol. The summed E-state index contributed by atoms with van der Waals surface area (Å²) >= 11 is 5.43.